The van der Waals surface area contributed by atoms with E-state index in [9.17, 15) is 32.3 Å². The van der Waals surface area contributed by atoms with E-state index in [1.54, 1.807) is 0 Å². The predicted molar refractivity (Wildman–Crippen MR) is 92.5 cm³/mol. The SMILES string of the molecule is Cc1ncc(Br)cc1C(=O)N(CCc1cc(OC(F)(F)F)ccc1F)C(=O)O. The van der Waals surface area contributed by atoms with Crippen LogP contribution in [0, 0.1) is 12.7 Å². The highest BCUT2D eigenvalue weighted by molar-refractivity contribution is 9.10. The van der Waals surface area contributed by atoms with Crippen LogP contribution in [0.2, 0.25) is 0 Å². The van der Waals surface area contributed by atoms with Gasteiger partial charge in [0.15, 0.2) is 0 Å². The number of amides is 2. The van der Waals surface area contributed by atoms with Crippen LogP contribution in [0.15, 0.2) is 34.9 Å². The normalized spacial score (nSPS) is 11.2. The summed E-state index contributed by atoms with van der Waals surface area (Å²) in [5.74, 6) is -2.39. The number of alkyl halides is 3. The fraction of sp³-hybridized carbons (Fsp3) is 0.235. The lowest BCUT2D eigenvalue weighted by molar-refractivity contribution is -0.274. The highest BCUT2D eigenvalue weighted by atomic mass is 79.9. The molecule has 0 saturated heterocycles. The van der Waals surface area contributed by atoms with Crippen LogP contribution in [0.1, 0.15) is 21.6 Å². The van der Waals surface area contributed by atoms with Crippen molar-refractivity contribution in [1.82, 2.24) is 9.88 Å². The summed E-state index contributed by atoms with van der Waals surface area (Å²) in [4.78, 5) is 28.4. The van der Waals surface area contributed by atoms with Gasteiger partial charge in [0, 0.05) is 17.2 Å². The molecule has 6 nitrogen and oxygen atoms in total. The van der Waals surface area contributed by atoms with Crippen molar-refractivity contribution in [2.75, 3.05) is 6.54 Å². The van der Waals surface area contributed by atoms with E-state index in [-0.39, 0.29) is 23.2 Å². The van der Waals surface area contributed by atoms with Crippen LogP contribution in [0.3, 0.4) is 0 Å². The minimum Gasteiger partial charge on any atom is -0.465 e. The molecule has 0 atom stereocenters. The van der Waals surface area contributed by atoms with Gasteiger partial charge in [-0.1, -0.05) is 0 Å². The first-order chi connectivity index (χ1) is 13.0. The molecule has 28 heavy (non-hydrogen) atoms. The molecule has 1 N–H and O–H groups in total. The molecular formula is C17H13BrF4N2O4. The molecule has 0 saturated carbocycles. The second kappa shape index (κ2) is 8.55. The summed E-state index contributed by atoms with van der Waals surface area (Å²) in [7, 11) is 0. The molecule has 2 rings (SSSR count). The molecule has 1 aromatic heterocycles. The zero-order valence-electron chi connectivity index (χ0n) is 14.3. The van der Waals surface area contributed by atoms with Crippen LogP contribution in [0.5, 0.6) is 5.75 Å². The van der Waals surface area contributed by atoms with Gasteiger partial charge in [-0.15, -0.1) is 13.2 Å². The van der Waals surface area contributed by atoms with Crippen LogP contribution in [0.25, 0.3) is 0 Å². The Morgan fingerprint density at radius 1 is 1.29 bits per heavy atom. The number of nitrogens with zero attached hydrogens (tertiary/aromatic N) is 2. The van der Waals surface area contributed by atoms with E-state index in [4.69, 9.17) is 0 Å². The molecule has 150 valence electrons. The van der Waals surface area contributed by atoms with Gasteiger partial charge in [0.1, 0.15) is 11.6 Å². The summed E-state index contributed by atoms with van der Waals surface area (Å²) in [6, 6.07) is 3.76. The van der Waals surface area contributed by atoms with E-state index >= 15 is 0 Å². The van der Waals surface area contributed by atoms with E-state index in [0.717, 1.165) is 18.2 Å². The lowest BCUT2D eigenvalue weighted by Gasteiger charge is -2.19. The van der Waals surface area contributed by atoms with Gasteiger partial charge in [0.25, 0.3) is 5.91 Å². The van der Waals surface area contributed by atoms with Crippen molar-refractivity contribution in [3.63, 3.8) is 0 Å². The number of aryl methyl sites for hydroxylation is 1. The van der Waals surface area contributed by atoms with Gasteiger partial charge in [-0.3, -0.25) is 9.78 Å². The van der Waals surface area contributed by atoms with Gasteiger partial charge in [-0.25, -0.2) is 14.1 Å². The summed E-state index contributed by atoms with van der Waals surface area (Å²) in [5.41, 5.74) is 0.0718. The predicted octanol–water partition coefficient (Wildman–Crippen LogP) is 4.55. The average molecular weight is 465 g/mol. The molecule has 0 unspecified atom stereocenters. The fourth-order valence-corrected chi connectivity index (χ4v) is 2.66. The van der Waals surface area contributed by atoms with Gasteiger partial charge >= 0.3 is 12.5 Å². The number of pyridine rings is 1. The summed E-state index contributed by atoms with van der Waals surface area (Å²) in [5, 5.41) is 9.33. The number of imide groups is 1. The number of ether oxygens (including phenoxy) is 1. The fourth-order valence-electron chi connectivity index (χ4n) is 2.33. The number of aromatic nitrogens is 1. The van der Waals surface area contributed by atoms with Crippen LogP contribution < -0.4 is 4.74 Å². The van der Waals surface area contributed by atoms with Crippen LogP contribution in [0.4, 0.5) is 22.4 Å². The molecule has 2 aromatic rings. The minimum absolute atomic E-state index is 0.0198. The molecule has 0 aliphatic carbocycles. The number of rotatable bonds is 5. The minimum atomic E-state index is -4.95. The molecule has 0 aliphatic rings. The second-order valence-corrected chi connectivity index (χ2v) is 6.49. The molecule has 1 aromatic carbocycles. The van der Waals surface area contributed by atoms with Crippen LogP contribution in [-0.2, 0) is 6.42 Å². The first kappa shape index (κ1) is 21.6. The van der Waals surface area contributed by atoms with Gasteiger partial charge in [0.05, 0.1) is 11.3 Å². The van der Waals surface area contributed by atoms with Crippen molar-refractivity contribution in [2.45, 2.75) is 19.7 Å². The number of halogens is 5. The van der Waals surface area contributed by atoms with Gasteiger partial charge in [-0.05, 0) is 59.1 Å². The maximum atomic E-state index is 13.9. The third-order valence-corrected chi connectivity index (χ3v) is 4.05. The zero-order chi connectivity index (χ0) is 21.1. The molecule has 11 heteroatoms. The van der Waals surface area contributed by atoms with Crippen molar-refractivity contribution in [1.29, 1.82) is 0 Å². The zero-order valence-corrected chi connectivity index (χ0v) is 15.8. The summed E-state index contributed by atoms with van der Waals surface area (Å²) in [6.45, 7) is 1.03. The van der Waals surface area contributed by atoms with E-state index < -0.39 is 36.5 Å². The number of carboxylic acid groups (broad SMARTS) is 1. The quantitative estimate of drug-likeness (QED) is 0.656. The Kier molecular flexibility index (Phi) is 6.60. The topological polar surface area (TPSA) is 79.7 Å². The largest absolute Gasteiger partial charge is 0.573 e. The van der Waals surface area contributed by atoms with Crippen molar-refractivity contribution >= 4 is 27.9 Å². The van der Waals surface area contributed by atoms with E-state index in [2.05, 4.69) is 25.7 Å². The molecule has 0 fully saturated rings. The van der Waals surface area contributed by atoms with Crippen LogP contribution in [-0.4, -0.2) is 39.9 Å². The van der Waals surface area contributed by atoms with E-state index in [0.29, 0.717) is 9.37 Å². The molecule has 1 heterocycles. The first-order valence-electron chi connectivity index (χ1n) is 7.69. The number of carbonyl (C=O) groups excluding carboxylic acids is 1. The lowest BCUT2D eigenvalue weighted by Crippen LogP contribution is -2.38. The monoisotopic (exact) mass is 464 g/mol. The molecule has 0 radical (unpaired) electrons. The van der Waals surface area contributed by atoms with Gasteiger partial charge < -0.3 is 9.84 Å². The first-order valence-corrected chi connectivity index (χ1v) is 8.48. The highest BCUT2D eigenvalue weighted by Gasteiger charge is 2.31. The number of carbonyl (C=O) groups is 2. The Balaban J connectivity index is 2.22. The lowest BCUT2D eigenvalue weighted by atomic mass is 10.1. The molecule has 2 amide bonds. The smallest absolute Gasteiger partial charge is 0.465 e. The van der Waals surface area contributed by atoms with Crippen molar-refractivity contribution < 1.29 is 37.0 Å². The number of benzene rings is 1. The third kappa shape index (κ3) is 5.65. The van der Waals surface area contributed by atoms with Gasteiger partial charge in [0.2, 0.25) is 0 Å². The van der Waals surface area contributed by atoms with E-state index in [1.807, 2.05) is 0 Å². The highest BCUT2D eigenvalue weighted by Crippen LogP contribution is 2.25. The molecule has 0 spiro atoms. The van der Waals surface area contributed by atoms with Crippen molar-refractivity contribution in [3.05, 3.63) is 57.6 Å². The Hall–Kier alpha value is -2.69. The van der Waals surface area contributed by atoms with E-state index in [1.165, 1.54) is 19.2 Å². The maximum absolute atomic E-state index is 13.9. The van der Waals surface area contributed by atoms with Crippen molar-refractivity contribution in [2.24, 2.45) is 0 Å². The molecular weight excluding hydrogens is 452 g/mol. The van der Waals surface area contributed by atoms with Crippen molar-refractivity contribution in [3.8, 4) is 5.75 Å². The maximum Gasteiger partial charge on any atom is 0.573 e. The number of hydrogen-bond acceptors (Lipinski definition) is 4. The third-order valence-electron chi connectivity index (χ3n) is 3.62. The Labute approximate surface area is 164 Å². The number of hydrogen-bond donors (Lipinski definition) is 1. The summed E-state index contributed by atoms with van der Waals surface area (Å²) in [6.07, 6.45) is -5.46. The second-order valence-electron chi connectivity index (χ2n) is 5.58. The Morgan fingerprint density at radius 2 is 1.96 bits per heavy atom. The van der Waals surface area contributed by atoms with Crippen LogP contribution >= 0.6 is 15.9 Å². The Bertz CT molecular complexity index is 905. The summed E-state index contributed by atoms with van der Waals surface area (Å²) < 4.78 is 55.0. The summed E-state index contributed by atoms with van der Waals surface area (Å²) >= 11 is 3.13. The average Bonchev–Trinajstić information content (AvgIpc) is 2.58. The molecule has 0 bridgehead atoms. The van der Waals surface area contributed by atoms with Gasteiger partial charge in [-0.2, -0.15) is 0 Å². The molecule has 0 aliphatic heterocycles. The standard InChI is InChI=1S/C17H13BrF4N2O4/c1-9-13(7-11(18)8-23-9)15(25)24(16(26)27)5-4-10-6-12(2-3-14(10)19)28-17(20,21)22/h2-3,6-8H,4-5H2,1H3,(H,26,27). The Morgan fingerprint density at radius 3 is 2.57 bits per heavy atom.